The molecule has 5 heteroatoms. The third kappa shape index (κ3) is 2.73. The van der Waals surface area contributed by atoms with Gasteiger partial charge in [-0.1, -0.05) is 6.07 Å². The zero-order valence-electron chi connectivity index (χ0n) is 10.4. The average Bonchev–Trinajstić information content (AvgIpc) is 2.91. The minimum absolute atomic E-state index is 0.324. The van der Waals surface area contributed by atoms with Crippen molar-refractivity contribution in [3.05, 3.63) is 34.2 Å². The number of esters is 1. The number of nitroso groups, excluding NO2 is 1. The number of carbonyl (C=O) groups is 1. The molecule has 0 N–H and O–H groups in total. The fraction of sp³-hybridized carbons (Fsp3) is 0.462. The summed E-state index contributed by atoms with van der Waals surface area (Å²) >= 11 is 0. The van der Waals surface area contributed by atoms with Crippen LogP contribution in [0, 0.1) is 4.91 Å². The number of likely N-dealkylation sites (tertiary alicyclic amines) is 1. The number of nitrogens with zero attached hydrogens (tertiary/aromatic N) is 2. The zero-order chi connectivity index (χ0) is 13.0. The molecule has 0 aliphatic carbocycles. The van der Waals surface area contributed by atoms with Crippen LogP contribution >= 0.6 is 0 Å². The summed E-state index contributed by atoms with van der Waals surface area (Å²) in [5.41, 5.74) is 1.54. The average molecular weight is 248 g/mol. The maximum Gasteiger partial charge on any atom is 0.337 e. The van der Waals surface area contributed by atoms with E-state index < -0.39 is 5.97 Å². The van der Waals surface area contributed by atoms with Gasteiger partial charge in [0.1, 0.15) is 5.69 Å². The summed E-state index contributed by atoms with van der Waals surface area (Å²) in [6, 6.07) is 4.94. The van der Waals surface area contributed by atoms with E-state index >= 15 is 0 Å². The van der Waals surface area contributed by atoms with Crippen LogP contribution in [-0.2, 0) is 11.3 Å². The Bertz CT molecular complexity index is 454. The molecule has 1 saturated heterocycles. The Morgan fingerprint density at radius 1 is 1.39 bits per heavy atom. The predicted octanol–water partition coefficient (Wildman–Crippen LogP) is 2.47. The summed E-state index contributed by atoms with van der Waals surface area (Å²) in [4.78, 5) is 24.5. The van der Waals surface area contributed by atoms with Crippen molar-refractivity contribution in [1.82, 2.24) is 4.90 Å². The van der Waals surface area contributed by atoms with Crippen LogP contribution in [0.1, 0.15) is 28.8 Å². The van der Waals surface area contributed by atoms with Gasteiger partial charge in [0.05, 0.1) is 12.7 Å². The van der Waals surface area contributed by atoms with E-state index in [4.69, 9.17) is 0 Å². The highest BCUT2D eigenvalue weighted by Crippen LogP contribution is 2.24. The van der Waals surface area contributed by atoms with Gasteiger partial charge in [-0.3, -0.25) is 4.90 Å². The van der Waals surface area contributed by atoms with Crippen LogP contribution in [0.3, 0.4) is 0 Å². The Morgan fingerprint density at radius 2 is 2.11 bits per heavy atom. The van der Waals surface area contributed by atoms with Crippen molar-refractivity contribution in [3.8, 4) is 0 Å². The van der Waals surface area contributed by atoms with Crippen LogP contribution in [-0.4, -0.2) is 31.1 Å². The molecule has 18 heavy (non-hydrogen) atoms. The molecule has 1 aliphatic heterocycles. The molecule has 1 heterocycles. The number of rotatable bonds is 4. The number of benzene rings is 1. The van der Waals surface area contributed by atoms with Gasteiger partial charge >= 0.3 is 5.97 Å². The first-order valence-electron chi connectivity index (χ1n) is 6.01. The summed E-state index contributed by atoms with van der Waals surface area (Å²) in [7, 11) is 1.31. The molecule has 0 saturated carbocycles. The molecule has 96 valence electrons. The van der Waals surface area contributed by atoms with Gasteiger partial charge in [0.2, 0.25) is 0 Å². The lowest BCUT2D eigenvalue weighted by Crippen LogP contribution is -2.18. The van der Waals surface area contributed by atoms with Crippen molar-refractivity contribution < 1.29 is 9.53 Å². The highest BCUT2D eigenvalue weighted by Gasteiger charge is 2.15. The lowest BCUT2D eigenvalue weighted by atomic mass is 10.1. The lowest BCUT2D eigenvalue weighted by molar-refractivity contribution is 0.0601. The molecule has 0 unspecified atom stereocenters. The highest BCUT2D eigenvalue weighted by atomic mass is 16.5. The van der Waals surface area contributed by atoms with Crippen LogP contribution in [0.25, 0.3) is 0 Å². The number of hydrogen-bond donors (Lipinski definition) is 0. The Hall–Kier alpha value is -1.75. The van der Waals surface area contributed by atoms with E-state index in [0.29, 0.717) is 17.8 Å². The molecular formula is C13H16N2O3. The normalized spacial score (nSPS) is 15.6. The first kappa shape index (κ1) is 12.7. The van der Waals surface area contributed by atoms with Gasteiger partial charge in [-0.15, -0.1) is 4.91 Å². The third-order valence-corrected chi connectivity index (χ3v) is 3.20. The summed E-state index contributed by atoms with van der Waals surface area (Å²) in [6.07, 6.45) is 2.40. The van der Waals surface area contributed by atoms with Gasteiger partial charge in [0.15, 0.2) is 0 Å². The Morgan fingerprint density at radius 3 is 2.72 bits per heavy atom. The van der Waals surface area contributed by atoms with E-state index in [1.54, 1.807) is 12.1 Å². The lowest BCUT2D eigenvalue weighted by Gasteiger charge is -2.15. The SMILES string of the molecule is COC(=O)c1ccc(CN2CCCC2)c(N=O)c1. The quantitative estimate of drug-likeness (QED) is 0.606. The number of hydrogen-bond acceptors (Lipinski definition) is 5. The van der Waals surface area contributed by atoms with Crippen molar-refractivity contribution >= 4 is 11.7 Å². The van der Waals surface area contributed by atoms with E-state index in [9.17, 15) is 9.70 Å². The second kappa shape index (κ2) is 5.73. The molecule has 1 fully saturated rings. The fourth-order valence-electron chi connectivity index (χ4n) is 2.21. The van der Waals surface area contributed by atoms with Crippen LogP contribution in [0.15, 0.2) is 23.4 Å². The van der Waals surface area contributed by atoms with Gasteiger partial charge in [-0.2, -0.15) is 0 Å². The molecule has 5 nitrogen and oxygen atoms in total. The molecule has 1 aromatic rings. The van der Waals surface area contributed by atoms with E-state index in [-0.39, 0.29) is 0 Å². The monoisotopic (exact) mass is 248 g/mol. The molecule has 0 aromatic heterocycles. The van der Waals surface area contributed by atoms with Crippen molar-refractivity contribution in [3.63, 3.8) is 0 Å². The molecule has 0 atom stereocenters. The van der Waals surface area contributed by atoms with Gasteiger partial charge < -0.3 is 4.74 Å². The largest absolute Gasteiger partial charge is 0.465 e. The molecule has 0 radical (unpaired) electrons. The van der Waals surface area contributed by atoms with Gasteiger partial charge in [0.25, 0.3) is 0 Å². The van der Waals surface area contributed by atoms with E-state index in [0.717, 1.165) is 18.7 Å². The van der Waals surface area contributed by atoms with E-state index in [2.05, 4.69) is 14.8 Å². The fourth-order valence-corrected chi connectivity index (χ4v) is 2.21. The van der Waals surface area contributed by atoms with Gasteiger partial charge in [-0.05, 0) is 48.8 Å². The van der Waals surface area contributed by atoms with Crippen molar-refractivity contribution in [2.24, 2.45) is 5.18 Å². The maximum absolute atomic E-state index is 11.4. The van der Waals surface area contributed by atoms with E-state index in [1.165, 1.54) is 26.0 Å². The molecular weight excluding hydrogens is 232 g/mol. The smallest absolute Gasteiger partial charge is 0.337 e. The van der Waals surface area contributed by atoms with Crippen LogP contribution in [0.5, 0.6) is 0 Å². The number of ether oxygens (including phenoxy) is 1. The van der Waals surface area contributed by atoms with E-state index in [1.807, 2.05) is 0 Å². The summed E-state index contributed by atoms with van der Waals surface area (Å²) in [5.74, 6) is -0.451. The predicted molar refractivity (Wildman–Crippen MR) is 67.7 cm³/mol. The Kier molecular flexibility index (Phi) is 4.04. The minimum Gasteiger partial charge on any atom is -0.465 e. The molecule has 1 aliphatic rings. The first-order chi connectivity index (χ1) is 8.74. The Balaban J connectivity index is 2.19. The second-order valence-corrected chi connectivity index (χ2v) is 4.41. The number of carbonyl (C=O) groups excluding carboxylic acids is 1. The summed E-state index contributed by atoms with van der Waals surface area (Å²) < 4.78 is 4.62. The molecule has 0 bridgehead atoms. The van der Waals surface area contributed by atoms with Crippen molar-refractivity contribution in [2.75, 3.05) is 20.2 Å². The standard InChI is InChI=1S/C13H16N2O3/c1-18-13(16)10-4-5-11(12(8-10)14-17)9-15-6-2-3-7-15/h4-5,8H,2-3,6-7,9H2,1H3. The number of methoxy groups -OCH3 is 1. The zero-order valence-corrected chi connectivity index (χ0v) is 10.4. The van der Waals surface area contributed by atoms with Crippen LogP contribution in [0.4, 0.5) is 5.69 Å². The third-order valence-electron chi connectivity index (χ3n) is 3.20. The van der Waals surface area contributed by atoms with Gasteiger partial charge in [0, 0.05) is 6.54 Å². The Labute approximate surface area is 106 Å². The molecule has 0 spiro atoms. The minimum atomic E-state index is -0.451. The first-order valence-corrected chi connectivity index (χ1v) is 6.01. The maximum atomic E-state index is 11.4. The van der Waals surface area contributed by atoms with Gasteiger partial charge in [-0.25, -0.2) is 4.79 Å². The molecule has 2 rings (SSSR count). The summed E-state index contributed by atoms with van der Waals surface area (Å²) in [6.45, 7) is 2.82. The summed E-state index contributed by atoms with van der Waals surface area (Å²) in [5, 5.41) is 3.01. The van der Waals surface area contributed by atoms with Crippen molar-refractivity contribution in [2.45, 2.75) is 19.4 Å². The highest BCUT2D eigenvalue weighted by molar-refractivity contribution is 5.90. The molecule has 1 aromatic carbocycles. The van der Waals surface area contributed by atoms with Crippen molar-refractivity contribution in [1.29, 1.82) is 0 Å². The molecule has 0 amide bonds. The van der Waals surface area contributed by atoms with Crippen LogP contribution < -0.4 is 0 Å². The second-order valence-electron chi connectivity index (χ2n) is 4.41. The van der Waals surface area contributed by atoms with Crippen LogP contribution in [0.2, 0.25) is 0 Å². The topological polar surface area (TPSA) is 59.0 Å².